The number of hydrogen-bond donors (Lipinski definition) is 1. The van der Waals surface area contributed by atoms with Crippen LogP contribution in [0.2, 0.25) is 4.34 Å². The number of halogens is 1. The largest absolute Gasteiger partial charge is 0.336 e. The van der Waals surface area contributed by atoms with E-state index < -0.39 is 0 Å². The SMILES string of the molecule is O=C(c1cn[nH]c1-c1ccc(Cl)s1)N1CCN2CCCC2C1. The van der Waals surface area contributed by atoms with Crippen molar-refractivity contribution >= 4 is 28.8 Å². The number of rotatable bonds is 2. The van der Waals surface area contributed by atoms with Crippen molar-refractivity contribution in [3.8, 4) is 10.6 Å². The molecule has 22 heavy (non-hydrogen) atoms. The van der Waals surface area contributed by atoms with Crippen LogP contribution in [0.25, 0.3) is 10.6 Å². The lowest BCUT2D eigenvalue weighted by molar-refractivity contribution is 0.0572. The highest BCUT2D eigenvalue weighted by atomic mass is 35.5. The van der Waals surface area contributed by atoms with Crippen molar-refractivity contribution in [3.63, 3.8) is 0 Å². The van der Waals surface area contributed by atoms with E-state index in [0.717, 1.165) is 30.2 Å². The van der Waals surface area contributed by atoms with Crippen molar-refractivity contribution in [2.45, 2.75) is 18.9 Å². The van der Waals surface area contributed by atoms with Gasteiger partial charge in [0, 0.05) is 25.7 Å². The number of carbonyl (C=O) groups excluding carboxylic acids is 1. The van der Waals surface area contributed by atoms with E-state index in [4.69, 9.17) is 11.6 Å². The zero-order chi connectivity index (χ0) is 15.1. The molecule has 2 aromatic heterocycles. The Hall–Kier alpha value is -1.37. The van der Waals surface area contributed by atoms with Crippen LogP contribution in [0.15, 0.2) is 18.3 Å². The molecule has 0 aliphatic carbocycles. The summed E-state index contributed by atoms with van der Waals surface area (Å²) in [5, 5.41) is 7.02. The average Bonchev–Trinajstić information content (AvgIpc) is 3.25. The molecule has 2 fully saturated rings. The van der Waals surface area contributed by atoms with Crippen molar-refractivity contribution in [2.24, 2.45) is 0 Å². The lowest BCUT2D eigenvalue weighted by Crippen LogP contribution is -2.52. The molecule has 1 unspecified atom stereocenters. The Balaban J connectivity index is 1.57. The second kappa shape index (κ2) is 5.68. The van der Waals surface area contributed by atoms with Gasteiger partial charge in [0.05, 0.1) is 26.7 Å². The molecule has 0 radical (unpaired) electrons. The molecular weight excluding hydrogens is 320 g/mol. The number of fused-ring (bicyclic) bond motifs is 1. The highest BCUT2D eigenvalue weighted by Crippen LogP contribution is 2.32. The molecule has 7 heteroatoms. The van der Waals surface area contributed by atoms with Gasteiger partial charge in [-0.25, -0.2) is 0 Å². The summed E-state index contributed by atoms with van der Waals surface area (Å²) in [6, 6.07) is 4.30. The van der Waals surface area contributed by atoms with Gasteiger partial charge in [0.15, 0.2) is 0 Å². The first kappa shape index (κ1) is 14.2. The second-order valence-corrected chi connectivity index (χ2v) is 7.56. The van der Waals surface area contributed by atoms with Crippen LogP contribution in [0.1, 0.15) is 23.2 Å². The van der Waals surface area contributed by atoms with E-state index in [1.54, 1.807) is 6.20 Å². The molecule has 1 atom stereocenters. The van der Waals surface area contributed by atoms with Crippen LogP contribution in [0, 0.1) is 0 Å². The first-order valence-corrected chi connectivity index (χ1v) is 8.74. The molecule has 5 nitrogen and oxygen atoms in total. The second-order valence-electron chi connectivity index (χ2n) is 5.85. The molecule has 4 rings (SSSR count). The zero-order valence-electron chi connectivity index (χ0n) is 12.1. The Bertz CT molecular complexity index is 697. The number of carbonyl (C=O) groups is 1. The van der Waals surface area contributed by atoms with Crippen molar-refractivity contribution in [1.29, 1.82) is 0 Å². The van der Waals surface area contributed by atoms with Gasteiger partial charge in [-0.05, 0) is 31.5 Å². The van der Waals surface area contributed by atoms with Crippen molar-refractivity contribution in [3.05, 3.63) is 28.2 Å². The monoisotopic (exact) mass is 336 g/mol. The minimum atomic E-state index is 0.0693. The van der Waals surface area contributed by atoms with Crippen LogP contribution in [0.3, 0.4) is 0 Å². The third kappa shape index (κ3) is 2.45. The number of aromatic amines is 1. The number of amides is 1. The van der Waals surface area contributed by atoms with Gasteiger partial charge >= 0.3 is 0 Å². The van der Waals surface area contributed by atoms with E-state index in [1.807, 2.05) is 17.0 Å². The molecule has 0 spiro atoms. The van der Waals surface area contributed by atoms with Gasteiger partial charge in [-0.15, -0.1) is 11.3 Å². The van der Waals surface area contributed by atoms with E-state index in [-0.39, 0.29) is 5.91 Å². The molecule has 1 amide bonds. The van der Waals surface area contributed by atoms with E-state index in [1.165, 1.54) is 30.7 Å². The van der Waals surface area contributed by atoms with Crippen LogP contribution in [-0.4, -0.2) is 58.1 Å². The number of H-pyrrole nitrogens is 1. The first-order valence-electron chi connectivity index (χ1n) is 7.55. The molecule has 0 aromatic carbocycles. The summed E-state index contributed by atoms with van der Waals surface area (Å²) in [5.41, 5.74) is 1.42. The third-order valence-electron chi connectivity index (χ3n) is 4.56. The van der Waals surface area contributed by atoms with Gasteiger partial charge < -0.3 is 4.90 Å². The summed E-state index contributed by atoms with van der Waals surface area (Å²) >= 11 is 7.46. The number of thiophene rings is 1. The molecule has 2 aliphatic rings. The summed E-state index contributed by atoms with van der Waals surface area (Å²) in [5.74, 6) is 0.0693. The van der Waals surface area contributed by atoms with Crippen LogP contribution in [0.4, 0.5) is 0 Å². The summed E-state index contributed by atoms with van der Waals surface area (Å²) in [6.45, 7) is 3.78. The van der Waals surface area contributed by atoms with Gasteiger partial charge in [-0.3, -0.25) is 14.8 Å². The van der Waals surface area contributed by atoms with E-state index in [0.29, 0.717) is 15.9 Å². The number of nitrogens with one attached hydrogen (secondary N) is 1. The van der Waals surface area contributed by atoms with Crippen molar-refractivity contribution in [1.82, 2.24) is 20.0 Å². The summed E-state index contributed by atoms with van der Waals surface area (Å²) in [7, 11) is 0. The Morgan fingerprint density at radius 2 is 2.27 bits per heavy atom. The summed E-state index contributed by atoms with van der Waals surface area (Å²) < 4.78 is 0.711. The number of nitrogens with zero attached hydrogens (tertiary/aromatic N) is 3. The summed E-state index contributed by atoms with van der Waals surface area (Å²) in [4.78, 5) is 18.3. The Kier molecular flexibility index (Phi) is 3.68. The predicted molar refractivity (Wildman–Crippen MR) is 87.4 cm³/mol. The van der Waals surface area contributed by atoms with Gasteiger partial charge in [-0.2, -0.15) is 5.10 Å². The molecule has 2 aliphatic heterocycles. The van der Waals surface area contributed by atoms with E-state index in [9.17, 15) is 4.79 Å². The minimum absolute atomic E-state index is 0.0693. The molecule has 116 valence electrons. The molecule has 0 saturated carbocycles. The highest BCUT2D eigenvalue weighted by Gasteiger charge is 2.33. The number of piperazine rings is 1. The predicted octanol–water partition coefficient (Wildman–Crippen LogP) is 2.71. The highest BCUT2D eigenvalue weighted by molar-refractivity contribution is 7.19. The topological polar surface area (TPSA) is 52.2 Å². The first-order chi connectivity index (χ1) is 10.7. The van der Waals surface area contributed by atoms with Crippen LogP contribution in [0.5, 0.6) is 0 Å². The minimum Gasteiger partial charge on any atom is -0.336 e. The Morgan fingerprint density at radius 1 is 1.36 bits per heavy atom. The van der Waals surface area contributed by atoms with E-state index >= 15 is 0 Å². The fourth-order valence-corrected chi connectivity index (χ4v) is 4.48. The van der Waals surface area contributed by atoms with Gasteiger partial charge in [0.25, 0.3) is 5.91 Å². The Morgan fingerprint density at radius 3 is 3.09 bits per heavy atom. The van der Waals surface area contributed by atoms with Crippen LogP contribution >= 0.6 is 22.9 Å². The smallest absolute Gasteiger partial charge is 0.257 e. The summed E-state index contributed by atoms with van der Waals surface area (Å²) in [6.07, 6.45) is 4.08. The Labute approximate surface area is 137 Å². The zero-order valence-corrected chi connectivity index (χ0v) is 13.7. The van der Waals surface area contributed by atoms with Crippen LogP contribution < -0.4 is 0 Å². The quantitative estimate of drug-likeness (QED) is 0.917. The number of aromatic nitrogens is 2. The molecular formula is C15H17ClN4OS. The number of hydrogen-bond acceptors (Lipinski definition) is 4. The maximum Gasteiger partial charge on any atom is 0.257 e. The fraction of sp³-hybridized carbons (Fsp3) is 0.467. The molecule has 2 saturated heterocycles. The lowest BCUT2D eigenvalue weighted by Gasteiger charge is -2.37. The van der Waals surface area contributed by atoms with Gasteiger partial charge in [0.1, 0.15) is 0 Å². The van der Waals surface area contributed by atoms with Gasteiger partial charge in [-0.1, -0.05) is 11.6 Å². The van der Waals surface area contributed by atoms with Crippen molar-refractivity contribution < 1.29 is 4.79 Å². The fourth-order valence-electron chi connectivity index (χ4n) is 3.43. The molecule has 2 aromatic rings. The van der Waals surface area contributed by atoms with Crippen LogP contribution in [-0.2, 0) is 0 Å². The average molecular weight is 337 g/mol. The third-order valence-corrected chi connectivity index (χ3v) is 5.81. The normalized spacial score (nSPS) is 22.0. The molecule has 4 heterocycles. The standard InChI is InChI=1S/C15H17ClN4OS/c16-13-4-3-12(22-13)14-11(8-17-18-14)15(21)20-7-6-19-5-1-2-10(19)9-20/h3-4,8,10H,1-2,5-7,9H2,(H,17,18). The molecule has 1 N–H and O–H groups in total. The van der Waals surface area contributed by atoms with E-state index in [2.05, 4.69) is 15.1 Å². The van der Waals surface area contributed by atoms with Crippen molar-refractivity contribution in [2.75, 3.05) is 26.2 Å². The lowest BCUT2D eigenvalue weighted by atomic mass is 10.1. The maximum atomic E-state index is 12.9. The van der Waals surface area contributed by atoms with Gasteiger partial charge in [0.2, 0.25) is 0 Å². The molecule has 0 bridgehead atoms. The maximum absolute atomic E-state index is 12.9.